The number of aryl methyl sites for hydroxylation is 1. The third-order valence-electron chi connectivity index (χ3n) is 2.52. The molecule has 0 fully saturated rings. The van der Waals surface area contributed by atoms with Gasteiger partial charge in [0.25, 0.3) is 0 Å². The molecule has 78 valence electrons. The molecule has 1 heterocycles. The predicted octanol–water partition coefficient (Wildman–Crippen LogP) is 2.39. The number of benzene rings is 1. The molecule has 2 N–H and O–H groups in total. The van der Waals surface area contributed by atoms with Gasteiger partial charge in [-0.1, -0.05) is 6.92 Å². The maximum atomic E-state index is 5.83. The molecule has 3 nitrogen and oxygen atoms in total. The van der Waals surface area contributed by atoms with Crippen molar-refractivity contribution in [3.8, 4) is 5.75 Å². The molecule has 0 radical (unpaired) electrons. The van der Waals surface area contributed by atoms with Crippen LogP contribution in [0.5, 0.6) is 5.75 Å². The summed E-state index contributed by atoms with van der Waals surface area (Å²) in [6, 6.07) is 7.85. The van der Waals surface area contributed by atoms with E-state index in [1.165, 1.54) is 0 Å². The van der Waals surface area contributed by atoms with Crippen LogP contribution in [0.1, 0.15) is 12.5 Å². The zero-order valence-corrected chi connectivity index (χ0v) is 8.95. The van der Waals surface area contributed by atoms with E-state index in [1.54, 1.807) is 7.11 Å². The second kappa shape index (κ2) is 3.77. The Kier molecular flexibility index (Phi) is 2.46. The van der Waals surface area contributed by atoms with E-state index >= 15 is 0 Å². The highest BCUT2D eigenvalue weighted by Gasteiger charge is 2.03. The van der Waals surface area contributed by atoms with E-state index in [0.717, 1.165) is 28.6 Å². The van der Waals surface area contributed by atoms with Crippen molar-refractivity contribution >= 4 is 16.7 Å². The topological polar surface area (TPSA) is 48.1 Å². The van der Waals surface area contributed by atoms with Gasteiger partial charge in [-0.2, -0.15) is 0 Å². The Labute approximate surface area is 88.9 Å². The molecule has 0 saturated heterocycles. The third kappa shape index (κ3) is 1.73. The van der Waals surface area contributed by atoms with E-state index in [9.17, 15) is 0 Å². The van der Waals surface area contributed by atoms with E-state index < -0.39 is 0 Å². The van der Waals surface area contributed by atoms with Gasteiger partial charge in [0, 0.05) is 5.39 Å². The highest BCUT2D eigenvalue weighted by atomic mass is 16.5. The fourth-order valence-corrected chi connectivity index (χ4v) is 1.62. The number of anilines is 1. The molecular formula is C12H14N2O. The molecule has 0 unspecified atom stereocenters. The van der Waals surface area contributed by atoms with Crippen LogP contribution < -0.4 is 10.5 Å². The van der Waals surface area contributed by atoms with Crippen molar-refractivity contribution in [3.63, 3.8) is 0 Å². The van der Waals surface area contributed by atoms with Gasteiger partial charge in [0.2, 0.25) is 0 Å². The molecule has 15 heavy (non-hydrogen) atoms. The molecule has 0 saturated carbocycles. The molecular weight excluding hydrogens is 188 g/mol. The maximum Gasteiger partial charge on any atom is 0.127 e. The van der Waals surface area contributed by atoms with E-state index in [4.69, 9.17) is 10.5 Å². The second-order valence-electron chi connectivity index (χ2n) is 3.44. The van der Waals surface area contributed by atoms with Gasteiger partial charge in [-0.15, -0.1) is 0 Å². The molecule has 3 heteroatoms. The van der Waals surface area contributed by atoms with Gasteiger partial charge in [-0.25, -0.2) is 4.98 Å². The SMILES string of the molecule is CCc1cc2cc(OC)ccc2nc1N. The summed E-state index contributed by atoms with van der Waals surface area (Å²) in [5.41, 5.74) is 7.81. The highest BCUT2D eigenvalue weighted by molar-refractivity contribution is 5.82. The van der Waals surface area contributed by atoms with Crippen LogP contribution in [0.4, 0.5) is 5.82 Å². The Morgan fingerprint density at radius 3 is 2.80 bits per heavy atom. The minimum absolute atomic E-state index is 0.621. The Hall–Kier alpha value is -1.77. The van der Waals surface area contributed by atoms with Gasteiger partial charge in [-0.05, 0) is 36.2 Å². The normalized spacial score (nSPS) is 10.5. The number of nitrogens with zero attached hydrogens (tertiary/aromatic N) is 1. The lowest BCUT2D eigenvalue weighted by Gasteiger charge is -2.06. The van der Waals surface area contributed by atoms with Gasteiger partial charge in [0.05, 0.1) is 12.6 Å². The summed E-state index contributed by atoms with van der Waals surface area (Å²) in [6.45, 7) is 2.07. The number of aromatic nitrogens is 1. The number of rotatable bonds is 2. The zero-order valence-electron chi connectivity index (χ0n) is 8.95. The minimum Gasteiger partial charge on any atom is -0.497 e. The molecule has 1 aromatic heterocycles. The number of ether oxygens (including phenoxy) is 1. The summed E-state index contributed by atoms with van der Waals surface area (Å²) in [6.07, 6.45) is 0.895. The van der Waals surface area contributed by atoms with Crippen LogP contribution in [0, 0.1) is 0 Å². The molecule has 0 bridgehead atoms. The average molecular weight is 202 g/mol. The summed E-state index contributed by atoms with van der Waals surface area (Å²) in [4.78, 5) is 4.34. The van der Waals surface area contributed by atoms with Crippen LogP contribution in [0.2, 0.25) is 0 Å². The Balaban J connectivity index is 2.66. The fourth-order valence-electron chi connectivity index (χ4n) is 1.62. The Morgan fingerprint density at radius 2 is 2.13 bits per heavy atom. The van der Waals surface area contributed by atoms with Gasteiger partial charge in [0.15, 0.2) is 0 Å². The fraction of sp³-hybridized carbons (Fsp3) is 0.250. The number of pyridine rings is 1. The van der Waals surface area contributed by atoms with E-state index in [-0.39, 0.29) is 0 Å². The van der Waals surface area contributed by atoms with Gasteiger partial charge in [0.1, 0.15) is 11.6 Å². The van der Waals surface area contributed by atoms with Crippen molar-refractivity contribution in [2.24, 2.45) is 0 Å². The van der Waals surface area contributed by atoms with Crippen LogP contribution >= 0.6 is 0 Å². The summed E-state index contributed by atoms with van der Waals surface area (Å²) >= 11 is 0. The van der Waals surface area contributed by atoms with Crippen LogP contribution in [0.25, 0.3) is 10.9 Å². The number of methoxy groups -OCH3 is 1. The monoisotopic (exact) mass is 202 g/mol. The lowest BCUT2D eigenvalue weighted by Crippen LogP contribution is -1.97. The molecule has 0 atom stereocenters. The van der Waals surface area contributed by atoms with Crippen molar-refractivity contribution in [2.45, 2.75) is 13.3 Å². The molecule has 2 aromatic rings. The number of hydrogen-bond acceptors (Lipinski definition) is 3. The molecule has 1 aromatic carbocycles. The van der Waals surface area contributed by atoms with Gasteiger partial charge >= 0.3 is 0 Å². The summed E-state index contributed by atoms with van der Waals surface area (Å²) in [5, 5.41) is 1.07. The lowest BCUT2D eigenvalue weighted by molar-refractivity contribution is 0.415. The van der Waals surface area contributed by atoms with Crippen molar-refractivity contribution in [1.82, 2.24) is 4.98 Å². The van der Waals surface area contributed by atoms with Crippen molar-refractivity contribution in [1.29, 1.82) is 0 Å². The third-order valence-corrected chi connectivity index (χ3v) is 2.52. The van der Waals surface area contributed by atoms with Gasteiger partial charge in [-0.3, -0.25) is 0 Å². The lowest BCUT2D eigenvalue weighted by atomic mass is 10.1. The highest BCUT2D eigenvalue weighted by Crippen LogP contribution is 2.23. The number of nitrogens with two attached hydrogens (primary N) is 1. The van der Waals surface area contributed by atoms with E-state index in [2.05, 4.69) is 18.0 Å². The summed E-state index contributed by atoms with van der Waals surface area (Å²) in [5.74, 6) is 1.46. The molecule has 0 spiro atoms. The number of nitrogen functional groups attached to an aromatic ring is 1. The first-order chi connectivity index (χ1) is 7.24. The zero-order chi connectivity index (χ0) is 10.8. The molecule has 0 aliphatic carbocycles. The molecule has 0 aliphatic heterocycles. The Bertz CT molecular complexity index is 494. The first-order valence-electron chi connectivity index (χ1n) is 4.97. The van der Waals surface area contributed by atoms with Crippen molar-refractivity contribution in [3.05, 3.63) is 29.8 Å². The summed E-state index contributed by atoms with van der Waals surface area (Å²) < 4.78 is 5.17. The quantitative estimate of drug-likeness (QED) is 0.813. The van der Waals surface area contributed by atoms with Crippen LogP contribution in [-0.2, 0) is 6.42 Å². The maximum absolute atomic E-state index is 5.83. The average Bonchev–Trinajstić information content (AvgIpc) is 2.27. The predicted molar refractivity (Wildman–Crippen MR) is 62.1 cm³/mol. The molecule has 2 rings (SSSR count). The second-order valence-corrected chi connectivity index (χ2v) is 3.44. The van der Waals surface area contributed by atoms with Crippen LogP contribution in [0.3, 0.4) is 0 Å². The smallest absolute Gasteiger partial charge is 0.127 e. The molecule has 0 amide bonds. The largest absolute Gasteiger partial charge is 0.497 e. The van der Waals surface area contributed by atoms with Crippen molar-refractivity contribution in [2.75, 3.05) is 12.8 Å². The first-order valence-corrected chi connectivity index (χ1v) is 4.97. The Morgan fingerprint density at radius 1 is 1.33 bits per heavy atom. The minimum atomic E-state index is 0.621. The first kappa shape index (κ1) is 9.77. The number of hydrogen-bond donors (Lipinski definition) is 1. The summed E-state index contributed by atoms with van der Waals surface area (Å²) in [7, 11) is 1.66. The number of fused-ring (bicyclic) bond motifs is 1. The van der Waals surface area contributed by atoms with E-state index in [0.29, 0.717) is 5.82 Å². The van der Waals surface area contributed by atoms with Crippen LogP contribution in [0.15, 0.2) is 24.3 Å². The molecule has 0 aliphatic rings. The van der Waals surface area contributed by atoms with Crippen molar-refractivity contribution < 1.29 is 4.74 Å². The van der Waals surface area contributed by atoms with E-state index in [1.807, 2.05) is 18.2 Å². The standard InChI is InChI=1S/C12H14N2O/c1-3-8-6-9-7-10(15-2)4-5-11(9)14-12(8)13/h4-7H,3H2,1-2H3,(H2,13,14). The van der Waals surface area contributed by atoms with Gasteiger partial charge < -0.3 is 10.5 Å². The van der Waals surface area contributed by atoms with Crippen LogP contribution in [-0.4, -0.2) is 12.1 Å².